The van der Waals surface area contributed by atoms with Crippen molar-refractivity contribution in [2.45, 2.75) is 17.3 Å². The Labute approximate surface area is 200 Å². The fourth-order valence-electron chi connectivity index (χ4n) is 4.58. The fourth-order valence-corrected chi connectivity index (χ4v) is 6.32. The van der Waals surface area contributed by atoms with Gasteiger partial charge in [-0.3, -0.25) is 9.59 Å². The molecule has 2 amide bonds. The molecule has 3 aliphatic heterocycles. The van der Waals surface area contributed by atoms with E-state index in [1.54, 1.807) is 37.4 Å². The molecule has 2 aromatic rings. The summed E-state index contributed by atoms with van der Waals surface area (Å²) >= 11 is 6.48. The van der Waals surface area contributed by atoms with Crippen LogP contribution in [-0.4, -0.2) is 51.3 Å². The summed E-state index contributed by atoms with van der Waals surface area (Å²) in [7, 11) is 1.58. The van der Waals surface area contributed by atoms with Crippen LogP contribution < -0.4 is 14.2 Å². The maximum atomic E-state index is 13.5. The van der Waals surface area contributed by atoms with Gasteiger partial charge in [0, 0.05) is 13.5 Å². The number of nitriles is 1. The molecule has 0 radical (unpaired) electrons. The second-order valence-electron chi connectivity index (χ2n) is 7.97. The summed E-state index contributed by atoms with van der Waals surface area (Å²) in [6, 6.07) is 16.0. The van der Waals surface area contributed by atoms with Gasteiger partial charge in [-0.2, -0.15) is 5.26 Å². The van der Waals surface area contributed by atoms with Crippen LogP contribution >= 0.6 is 24.0 Å². The average Bonchev–Trinajstić information content (AvgIpc) is 3.40. The first-order valence-electron chi connectivity index (χ1n) is 10.3. The molecule has 2 fully saturated rings. The predicted molar refractivity (Wildman–Crippen MR) is 123 cm³/mol. The molecule has 8 nitrogen and oxygen atoms in total. The zero-order valence-corrected chi connectivity index (χ0v) is 19.2. The molecule has 5 rings (SSSR count). The summed E-state index contributed by atoms with van der Waals surface area (Å²) < 4.78 is 16.8. The number of nitrogens with zero attached hydrogens (tertiary/aromatic N) is 3. The van der Waals surface area contributed by atoms with Gasteiger partial charge in [0.25, 0.3) is 5.91 Å². The third kappa shape index (κ3) is 3.57. The summed E-state index contributed by atoms with van der Waals surface area (Å²) in [5, 5.41) is 10.0. The summed E-state index contributed by atoms with van der Waals surface area (Å²) in [5.41, 5.74) is 0.703. The quantitative estimate of drug-likeness (QED) is 0.618. The Morgan fingerprint density at radius 2 is 1.97 bits per heavy atom. The topological polar surface area (TPSA) is 92.1 Å². The van der Waals surface area contributed by atoms with Crippen LogP contribution in [0.3, 0.4) is 0 Å². The second-order valence-corrected chi connectivity index (χ2v) is 9.85. The van der Waals surface area contributed by atoms with Crippen LogP contribution in [-0.2, 0) is 9.59 Å². The molecular weight excluding hydrogens is 462 g/mol. The van der Waals surface area contributed by atoms with Gasteiger partial charge < -0.3 is 24.0 Å². The number of likely N-dealkylation sites (N-methyl/N-ethyl adjacent to an activating group) is 1. The zero-order valence-electron chi connectivity index (χ0n) is 17.6. The van der Waals surface area contributed by atoms with Crippen LogP contribution in [0.1, 0.15) is 18.0 Å². The summed E-state index contributed by atoms with van der Waals surface area (Å²) in [4.78, 5) is 28.4. The smallest absolute Gasteiger partial charge is 0.259 e. The lowest BCUT2D eigenvalue weighted by Gasteiger charge is -2.45. The lowest BCUT2D eigenvalue weighted by atomic mass is 9.94. The van der Waals surface area contributed by atoms with Gasteiger partial charge in [0.2, 0.25) is 17.1 Å². The molecule has 10 heteroatoms. The maximum Gasteiger partial charge on any atom is 0.259 e. The van der Waals surface area contributed by atoms with Crippen LogP contribution in [0.4, 0.5) is 0 Å². The minimum atomic E-state index is -1.38. The minimum Gasteiger partial charge on any atom is -0.454 e. The normalized spacial score (nSPS) is 25.6. The number of rotatable bonds is 3. The Hall–Kier alpha value is -3.29. The zero-order chi connectivity index (χ0) is 23.2. The molecule has 0 saturated carbocycles. The number of hydrogen-bond donors (Lipinski definition) is 0. The number of piperazine rings is 1. The van der Waals surface area contributed by atoms with E-state index in [4.69, 9.17) is 26.4 Å². The summed E-state index contributed by atoms with van der Waals surface area (Å²) in [5.74, 6) is 0.510. The van der Waals surface area contributed by atoms with Gasteiger partial charge in [0.05, 0.1) is 24.6 Å². The average molecular weight is 482 g/mol. The molecule has 3 aliphatic rings. The minimum absolute atomic E-state index is 0.0767. The van der Waals surface area contributed by atoms with E-state index in [0.29, 0.717) is 22.8 Å². The van der Waals surface area contributed by atoms with Crippen molar-refractivity contribution in [3.63, 3.8) is 0 Å². The fraction of sp³-hybridized carbons (Fsp3) is 0.304. The largest absolute Gasteiger partial charge is 0.454 e. The first-order valence-corrected chi connectivity index (χ1v) is 11.5. The maximum absolute atomic E-state index is 13.5. The number of fused-ring (bicyclic) bond motifs is 2. The van der Waals surface area contributed by atoms with Crippen molar-refractivity contribution in [1.29, 1.82) is 5.26 Å². The Kier molecular flexibility index (Phi) is 5.38. The van der Waals surface area contributed by atoms with Gasteiger partial charge in [-0.25, -0.2) is 0 Å². The number of para-hydroxylation sites is 1. The van der Waals surface area contributed by atoms with Crippen molar-refractivity contribution in [2.75, 3.05) is 20.4 Å². The Morgan fingerprint density at radius 3 is 2.73 bits per heavy atom. The van der Waals surface area contributed by atoms with Gasteiger partial charge in [-0.15, -0.1) is 0 Å². The van der Waals surface area contributed by atoms with Gasteiger partial charge in [0.15, 0.2) is 16.4 Å². The van der Waals surface area contributed by atoms with E-state index in [1.165, 1.54) is 9.80 Å². The number of carbonyl (C=O) groups excluding carboxylic acids is 2. The number of thiocarbonyl (C=S) groups is 1. The number of hydrogen-bond acceptors (Lipinski definition) is 8. The Bertz CT molecular complexity index is 1180. The highest BCUT2D eigenvalue weighted by Gasteiger charge is 2.63. The molecule has 0 N–H and O–H groups in total. The molecule has 168 valence electrons. The Morgan fingerprint density at radius 1 is 1.21 bits per heavy atom. The molecule has 3 atom stereocenters. The van der Waals surface area contributed by atoms with Gasteiger partial charge in [-0.05, 0) is 53.8 Å². The van der Waals surface area contributed by atoms with E-state index in [2.05, 4.69) is 6.07 Å². The van der Waals surface area contributed by atoms with Crippen molar-refractivity contribution in [2.24, 2.45) is 5.92 Å². The lowest BCUT2D eigenvalue weighted by Crippen LogP contribution is -2.63. The first-order chi connectivity index (χ1) is 15.9. The second kappa shape index (κ2) is 8.24. The van der Waals surface area contributed by atoms with Crippen LogP contribution in [0.25, 0.3) is 0 Å². The van der Waals surface area contributed by atoms with Gasteiger partial charge >= 0.3 is 0 Å². The molecule has 0 bridgehead atoms. The van der Waals surface area contributed by atoms with E-state index in [-0.39, 0.29) is 36.0 Å². The third-order valence-electron chi connectivity index (χ3n) is 5.97. The molecule has 2 aromatic carbocycles. The molecule has 0 spiro atoms. The highest BCUT2D eigenvalue weighted by molar-refractivity contribution is 8.24. The van der Waals surface area contributed by atoms with E-state index < -0.39 is 16.8 Å². The summed E-state index contributed by atoms with van der Waals surface area (Å²) in [6.07, 6.45) is 0.125. The molecule has 2 saturated heterocycles. The standard InChI is InChI=1S/C23H19N3O5S2/c1-25-12-19(27)26-20(14-7-8-17-18(9-14)30-13-29-17)15(11-24)10-23(26,21(25)28)33-22(32)31-16-5-3-2-4-6-16/h2-9,15,20H,10,12-13H2,1H3/t15?,20-,23?/m0/s1. The number of carbonyl (C=O) groups is 2. The lowest BCUT2D eigenvalue weighted by molar-refractivity contribution is -0.156. The number of ether oxygens (including phenoxy) is 3. The van der Waals surface area contributed by atoms with Crippen LogP contribution in [0, 0.1) is 17.2 Å². The van der Waals surface area contributed by atoms with Crippen molar-refractivity contribution in [3.8, 4) is 23.3 Å². The highest BCUT2D eigenvalue weighted by Crippen LogP contribution is 2.55. The molecule has 33 heavy (non-hydrogen) atoms. The molecule has 3 heterocycles. The van der Waals surface area contributed by atoms with Crippen LogP contribution in [0.2, 0.25) is 0 Å². The van der Waals surface area contributed by atoms with Gasteiger partial charge in [-0.1, -0.05) is 24.3 Å². The van der Waals surface area contributed by atoms with Crippen molar-refractivity contribution >= 4 is 40.2 Å². The third-order valence-corrected chi connectivity index (χ3v) is 7.43. The first kappa shape index (κ1) is 21.6. The van der Waals surface area contributed by atoms with E-state index in [0.717, 1.165) is 11.8 Å². The van der Waals surface area contributed by atoms with Crippen molar-refractivity contribution in [1.82, 2.24) is 9.80 Å². The van der Waals surface area contributed by atoms with Crippen molar-refractivity contribution < 1.29 is 23.8 Å². The number of thioether (sulfide) groups is 1. The number of benzene rings is 2. The van der Waals surface area contributed by atoms with E-state index in [1.807, 2.05) is 18.2 Å². The monoisotopic (exact) mass is 481 g/mol. The number of amides is 2. The summed E-state index contributed by atoms with van der Waals surface area (Å²) in [6.45, 7) is 0.0363. The Balaban J connectivity index is 1.54. The van der Waals surface area contributed by atoms with E-state index >= 15 is 0 Å². The predicted octanol–water partition coefficient (Wildman–Crippen LogP) is 3.09. The molecule has 2 unspecified atom stereocenters. The van der Waals surface area contributed by atoms with E-state index in [9.17, 15) is 14.9 Å². The van der Waals surface area contributed by atoms with Crippen LogP contribution in [0.15, 0.2) is 48.5 Å². The molecule has 0 aliphatic carbocycles. The van der Waals surface area contributed by atoms with Crippen molar-refractivity contribution in [3.05, 3.63) is 54.1 Å². The molecular formula is C23H19N3O5S2. The van der Waals surface area contributed by atoms with Gasteiger partial charge in [0.1, 0.15) is 5.75 Å². The molecule has 0 aromatic heterocycles. The highest BCUT2D eigenvalue weighted by atomic mass is 32.2. The SMILES string of the molecule is CN1CC(=O)N2[C@@H](c3ccc4c(c3)OCO4)C(C#N)CC2(SC(=S)Oc2ccccc2)C1=O. The van der Waals surface area contributed by atoms with Crippen LogP contribution in [0.5, 0.6) is 17.2 Å².